The summed E-state index contributed by atoms with van der Waals surface area (Å²) in [5, 5.41) is 0.594. The summed E-state index contributed by atoms with van der Waals surface area (Å²) >= 11 is 5.92. The second kappa shape index (κ2) is 3.85. The van der Waals surface area contributed by atoms with Gasteiger partial charge in [0.05, 0.1) is 5.69 Å². The average molecular weight is 185 g/mol. The van der Waals surface area contributed by atoms with Gasteiger partial charge in [-0.2, -0.15) is 0 Å². The minimum Gasteiger partial charge on any atom is -0.241 e. The van der Waals surface area contributed by atoms with Crippen LogP contribution in [0.4, 0.5) is 0 Å². The maximum Gasteiger partial charge on any atom is 0.135 e. The first-order valence-electron chi connectivity index (χ1n) is 4.16. The Morgan fingerprint density at radius 3 is 2.50 bits per heavy atom. The summed E-state index contributed by atoms with van der Waals surface area (Å²) in [4.78, 5) is 8.16. The molecule has 0 bridgehead atoms. The van der Waals surface area contributed by atoms with Crippen molar-refractivity contribution in [3.05, 3.63) is 22.7 Å². The molecular formula is C9H13ClN2. The average Bonchev–Trinajstić information content (AvgIpc) is 2.03. The molecule has 0 aromatic carbocycles. The van der Waals surface area contributed by atoms with Crippen molar-refractivity contribution in [1.82, 2.24) is 9.97 Å². The van der Waals surface area contributed by atoms with Gasteiger partial charge in [0.15, 0.2) is 0 Å². The summed E-state index contributed by atoms with van der Waals surface area (Å²) in [6.45, 7) is 6.28. The summed E-state index contributed by atoms with van der Waals surface area (Å²) in [5.41, 5.74) is 2.15. The Morgan fingerprint density at radius 1 is 1.42 bits per heavy atom. The highest BCUT2D eigenvalue weighted by atomic mass is 35.5. The molecule has 0 saturated carbocycles. The van der Waals surface area contributed by atoms with E-state index in [4.69, 9.17) is 11.6 Å². The molecule has 1 heterocycles. The summed E-state index contributed by atoms with van der Waals surface area (Å²) in [5.74, 6) is 0.417. The SMILES string of the molecule is CCc1c(Cl)ncnc1C(C)C. The predicted molar refractivity (Wildman–Crippen MR) is 50.5 cm³/mol. The van der Waals surface area contributed by atoms with Gasteiger partial charge in [-0.15, -0.1) is 0 Å². The van der Waals surface area contributed by atoms with Crippen molar-refractivity contribution in [2.45, 2.75) is 33.1 Å². The van der Waals surface area contributed by atoms with E-state index in [-0.39, 0.29) is 0 Å². The van der Waals surface area contributed by atoms with Crippen LogP contribution in [0.1, 0.15) is 37.9 Å². The Kier molecular flexibility index (Phi) is 3.04. The monoisotopic (exact) mass is 184 g/mol. The van der Waals surface area contributed by atoms with Gasteiger partial charge in [0.25, 0.3) is 0 Å². The van der Waals surface area contributed by atoms with E-state index >= 15 is 0 Å². The lowest BCUT2D eigenvalue weighted by molar-refractivity contribution is 0.789. The summed E-state index contributed by atoms with van der Waals surface area (Å²) in [6, 6.07) is 0. The largest absolute Gasteiger partial charge is 0.241 e. The molecule has 3 heteroatoms. The van der Waals surface area contributed by atoms with Crippen molar-refractivity contribution in [2.75, 3.05) is 0 Å². The number of nitrogens with zero attached hydrogens (tertiary/aromatic N) is 2. The minimum absolute atomic E-state index is 0.417. The Hall–Kier alpha value is -0.630. The zero-order chi connectivity index (χ0) is 9.14. The number of rotatable bonds is 2. The van der Waals surface area contributed by atoms with Gasteiger partial charge in [-0.3, -0.25) is 0 Å². The molecule has 0 amide bonds. The molecule has 0 unspecified atom stereocenters. The molecule has 0 radical (unpaired) electrons. The van der Waals surface area contributed by atoms with Gasteiger partial charge in [-0.25, -0.2) is 9.97 Å². The molecule has 2 nitrogen and oxygen atoms in total. The van der Waals surface area contributed by atoms with Crippen molar-refractivity contribution in [3.8, 4) is 0 Å². The molecule has 1 aromatic heterocycles. The Bertz CT molecular complexity index is 271. The molecule has 0 N–H and O–H groups in total. The Balaban J connectivity index is 3.18. The Morgan fingerprint density at radius 2 is 2.08 bits per heavy atom. The quantitative estimate of drug-likeness (QED) is 0.661. The van der Waals surface area contributed by atoms with Crippen LogP contribution in [0.2, 0.25) is 5.15 Å². The van der Waals surface area contributed by atoms with Crippen molar-refractivity contribution in [3.63, 3.8) is 0 Å². The highest BCUT2D eigenvalue weighted by molar-refractivity contribution is 6.30. The molecule has 1 aromatic rings. The molecule has 0 aliphatic carbocycles. The van der Waals surface area contributed by atoms with E-state index in [1.54, 1.807) is 0 Å². The Labute approximate surface area is 78.0 Å². The zero-order valence-electron chi connectivity index (χ0n) is 7.63. The molecule has 0 aliphatic rings. The summed E-state index contributed by atoms with van der Waals surface area (Å²) < 4.78 is 0. The predicted octanol–water partition coefficient (Wildman–Crippen LogP) is 2.82. The second-order valence-corrected chi connectivity index (χ2v) is 3.39. The van der Waals surface area contributed by atoms with Crippen LogP contribution in [0.15, 0.2) is 6.33 Å². The number of halogens is 1. The third-order valence-corrected chi connectivity index (χ3v) is 2.15. The van der Waals surface area contributed by atoms with Crippen molar-refractivity contribution in [2.24, 2.45) is 0 Å². The third kappa shape index (κ3) is 1.75. The van der Waals surface area contributed by atoms with Crippen LogP contribution in [0.5, 0.6) is 0 Å². The van der Waals surface area contributed by atoms with Gasteiger partial charge in [-0.1, -0.05) is 32.4 Å². The molecule has 12 heavy (non-hydrogen) atoms. The zero-order valence-corrected chi connectivity index (χ0v) is 8.39. The maximum atomic E-state index is 5.92. The number of hydrogen-bond acceptors (Lipinski definition) is 2. The van der Waals surface area contributed by atoms with Crippen molar-refractivity contribution >= 4 is 11.6 Å². The standard InChI is InChI=1S/C9H13ClN2/c1-4-7-8(6(2)3)11-5-12-9(7)10/h5-6H,4H2,1-3H3. The van der Waals surface area contributed by atoms with Crippen LogP contribution >= 0.6 is 11.6 Å². The fourth-order valence-electron chi connectivity index (χ4n) is 1.23. The smallest absolute Gasteiger partial charge is 0.135 e. The number of aromatic nitrogens is 2. The van der Waals surface area contributed by atoms with E-state index in [1.807, 2.05) is 0 Å². The molecule has 66 valence electrons. The fourth-order valence-corrected chi connectivity index (χ4v) is 1.50. The molecule has 0 aliphatic heterocycles. The first-order chi connectivity index (χ1) is 5.66. The van der Waals surface area contributed by atoms with Crippen LogP contribution in [0.3, 0.4) is 0 Å². The fraction of sp³-hybridized carbons (Fsp3) is 0.556. The second-order valence-electron chi connectivity index (χ2n) is 3.04. The first-order valence-corrected chi connectivity index (χ1v) is 4.53. The van der Waals surface area contributed by atoms with Crippen LogP contribution in [-0.4, -0.2) is 9.97 Å². The minimum atomic E-state index is 0.417. The normalized spacial score (nSPS) is 10.8. The van der Waals surface area contributed by atoms with Crippen LogP contribution in [0, 0.1) is 0 Å². The van der Waals surface area contributed by atoms with Crippen LogP contribution in [-0.2, 0) is 6.42 Å². The topological polar surface area (TPSA) is 25.8 Å². The lowest BCUT2D eigenvalue weighted by atomic mass is 10.0. The van der Waals surface area contributed by atoms with E-state index in [0.717, 1.165) is 17.7 Å². The van der Waals surface area contributed by atoms with E-state index in [2.05, 4.69) is 30.7 Å². The molecule has 1 rings (SSSR count). The van der Waals surface area contributed by atoms with Gasteiger partial charge in [0.2, 0.25) is 0 Å². The summed E-state index contributed by atoms with van der Waals surface area (Å²) in [6.07, 6.45) is 2.42. The molecule has 0 spiro atoms. The highest BCUT2D eigenvalue weighted by Gasteiger charge is 2.10. The van der Waals surface area contributed by atoms with Gasteiger partial charge < -0.3 is 0 Å². The maximum absolute atomic E-state index is 5.92. The summed E-state index contributed by atoms with van der Waals surface area (Å²) in [7, 11) is 0. The van der Waals surface area contributed by atoms with Gasteiger partial charge >= 0.3 is 0 Å². The van der Waals surface area contributed by atoms with E-state index in [0.29, 0.717) is 11.1 Å². The van der Waals surface area contributed by atoms with Crippen molar-refractivity contribution < 1.29 is 0 Å². The highest BCUT2D eigenvalue weighted by Crippen LogP contribution is 2.22. The molecule has 0 saturated heterocycles. The third-order valence-electron chi connectivity index (χ3n) is 1.83. The first kappa shape index (κ1) is 9.46. The lowest BCUT2D eigenvalue weighted by Gasteiger charge is -2.09. The van der Waals surface area contributed by atoms with Crippen LogP contribution < -0.4 is 0 Å². The van der Waals surface area contributed by atoms with E-state index < -0.39 is 0 Å². The van der Waals surface area contributed by atoms with E-state index in [9.17, 15) is 0 Å². The molecule has 0 fully saturated rings. The van der Waals surface area contributed by atoms with E-state index in [1.165, 1.54) is 6.33 Å². The van der Waals surface area contributed by atoms with Gasteiger partial charge in [-0.05, 0) is 12.3 Å². The number of hydrogen-bond donors (Lipinski definition) is 0. The molecular weight excluding hydrogens is 172 g/mol. The van der Waals surface area contributed by atoms with Gasteiger partial charge in [0.1, 0.15) is 11.5 Å². The molecule has 0 atom stereocenters. The van der Waals surface area contributed by atoms with Gasteiger partial charge in [0, 0.05) is 5.56 Å². The van der Waals surface area contributed by atoms with Crippen molar-refractivity contribution in [1.29, 1.82) is 0 Å². The lowest BCUT2D eigenvalue weighted by Crippen LogP contribution is -2.01. The van der Waals surface area contributed by atoms with Crippen LogP contribution in [0.25, 0.3) is 0 Å².